The molecule has 0 aliphatic carbocycles. The van der Waals surface area contributed by atoms with Crippen molar-refractivity contribution in [1.82, 2.24) is 4.98 Å². The second-order valence-electron chi connectivity index (χ2n) is 5.00. The smallest absolute Gasteiger partial charge is 0.145 e. The first-order valence-electron chi connectivity index (χ1n) is 6.91. The number of rotatable bonds is 5. The van der Waals surface area contributed by atoms with E-state index in [1.807, 2.05) is 19.2 Å². The zero-order valence-electron chi connectivity index (χ0n) is 12.2. The Bertz CT molecular complexity index is 564. The number of hydrogen-bond donors (Lipinski definition) is 1. The number of pyridine rings is 1. The van der Waals surface area contributed by atoms with E-state index in [2.05, 4.69) is 38.2 Å². The minimum absolute atomic E-state index is 0.399. The van der Waals surface area contributed by atoms with E-state index in [-0.39, 0.29) is 0 Å². The van der Waals surface area contributed by atoms with Crippen LogP contribution in [0.4, 0.5) is 5.69 Å². The zero-order valence-corrected chi connectivity index (χ0v) is 12.2. The highest BCUT2D eigenvalue weighted by Crippen LogP contribution is 2.31. The summed E-state index contributed by atoms with van der Waals surface area (Å²) >= 11 is 0. The molecule has 102 valence electrons. The minimum atomic E-state index is 0.399. The Morgan fingerprint density at radius 3 is 2.74 bits per heavy atom. The van der Waals surface area contributed by atoms with Crippen LogP contribution in [0.25, 0.3) is 10.9 Å². The third-order valence-electron chi connectivity index (χ3n) is 3.14. The van der Waals surface area contributed by atoms with Gasteiger partial charge in [0.05, 0.1) is 6.61 Å². The molecule has 0 aliphatic heterocycles. The summed E-state index contributed by atoms with van der Waals surface area (Å²) in [5.74, 6) is 1.27. The standard InChI is InChI=1S/C16H22N2O/c1-5-9-19-15-8-6-7-12-14(17-4)10-13(11(2)3)18-16(12)15/h6-8,10-11H,5,9H2,1-4H3,(H,17,18). The zero-order chi connectivity index (χ0) is 13.8. The number of anilines is 1. The van der Waals surface area contributed by atoms with Crippen LogP contribution in [-0.2, 0) is 0 Å². The highest BCUT2D eigenvalue weighted by Gasteiger charge is 2.11. The van der Waals surface area contributed by atoms with Gasteiger partial charge in [-0.1, -0.05) is 32.9 Å². The maximum Gasteiger partial charge on any atom is 0.145 e. The molecule has 0 unspecified atom stereocenters. The van der Waals surface area contributed by atoms with Crippen molar-refractivity contribution in [2.45, 2.75) is 33.1 Å². The molecular weight excluding hydrogens is 236 g/mol. The number of fused-ring (bicyclic) bond motifs is 1. The van der Waals surface area contributed by atoms with E-state index in [0.717, 1.165) is 41.1 Å². The molecule has 2 rings (SSSR count). The van der Waals surface area contributed by atoms with E-state index in [9.17, 15) is 0 Å². The Balaban J connectivity index is 2.61. The molecule has 0 saturated carbocycles. The summed E-state index contributed by atoms with van der Waals surface area (Å²) in [6.45, 7) is 7.14. The molecule has 0 bridgehead atoms. The second-order valence-corrected chi connectivity index (χ2v) is 5.00. The van der Waals surface area contributed by atoms with Crippen molar-refractivity contribution >= 4 is 16.6 Å². The first-order valence-corrected chi connectivity index (χ1v) is 6.91. The molecule has 0 fully saturated rings. The van der Waals surface area contributed by atoms with Crippen LogP contribution in [0.2, 0.25) is 0 Å². The van der Waals surface area contributed by atoms with Gasteiger partial charge in [0.1, 0.15) is 11.3 Å². The summed E-state index contributed by atoms with van der Waals surface area (Å²) in [4.78, 5) is 4.77. The Labute approximate surface area is 115 Å². The van der Waals surface area contributed by atoms with E-state index >= 15 is 0 Å². The highest BCUT2D eigenvalue weighted by atomic mass is 16.5. The van der Waals surface area contributed by atoms with Crippen molar-refractivity contribution in [2.75, 3.05) is 19.0 Å². The van der Waals surface area contributed by atoms with Crippen molar-refractivity contribution in [3.8, 4) is 5.75 Å². The van der Waals surface area contributed by atoms with Crippen LogP contribution < -0.4 is 10.1 Å². The Hall–Kier alpha value is -1.77. The molecule has 2 aromatic rings. The molecule has 0 saturated heterocycles. The van der Waals surface area contributed by atoms with E-state index in [1.54, 1.807) is 0 Å². The number of para-hydroxylation sites is 1. The number of benzene rings is 1. The van der Waals surface area contributed by atoms with Crippen LogP contribution >= 0.6 is 0 Å². The number of ether oxygens (including phenoxy) is 1. The summed E-state index contributed by atoms with van der Waals surface area (Å²) in [6.07, 6.45) is 0.999. The first-order chi connectivity index (χ1) is 9.17. The monoisotopic (exact) mass is 258 g/mol. The van der Waals surface area contributed by atoms with Crippen molar-refractivity contribution < 1.29 is 4.74 Å². The van der Waals surface area contributed by atoms with E-state index in [4.69, 9.17) is 9.72 Å². The molecule has 0 aliphatic rings. The SMILES string of the molecule is CCCOc1cccc2c(NC)cc(C(C)C)nc12. The average molecular weight is 258 g/mol. The van der Waals surface area contributed by atoms with Gasteiger partial charge >= 0.3 is 0 Å². The highest BCUT2D eigenvalue weighted by molar-refractivity contribution is 5.95. The van der Waals surface area contributed by atoms with Crippen LogP contribution in [0.1, 0.15) is 38.8 Å². The van der Waals surface area contributed by atoms with E-state index < -0.39 is 0 Å². The maximum atomic E-state index is 5.81. The normalized spacial score (nSPS) is 11.0. The van der Waals surface area contributed by atoms with Crippen molar-refractivity contribution in [3.05, 3.63) is 30.0 Å². The lowest BCUT2D eigenvalue weighted by atomic mass is 10.1. The number of hydrogen-bond acceptors (Lipinski definition) is 3. The second kappa shape index (κ2) is 5.91. The summed E-state index contributed by atoms with van der Waals surface area (Å²) in [6, 6.07) is 8.22. The topological polar surface area (TPSA) is 34.1 Å². The molecule has 3 heteroatoms. The number of nitrogens with one attached hydrogen (secondary N) is 1. The fourth-order valence-electron chi connectivity index (χ4n) is 2.07. The Morgan fingerprint density at radius 1 is 1.32 bits per heavy atom. The van der Waals surface area contributed by atoms with Crippen LogP contribution in [0.3, 0.4) is 0 Å². The molecule has 3 nitrogen and oxygen atoms in total. The van der Waals surface area contributed by atoms with Gasteiger partial charge in [-0.2, -0.15) is 0 Å². The van der Waals surface area contributed by atoms with Gasteiger partial charge in [-0.15, -0.1) is 0 Å². The minimum Gasteiger partial charge on any atom is -0.491 e. The van der Waals surface area contributed by atoms with Crippen molar-refractivity contribution in [1.29, 1.82) is 0 Å². The average Bonchev–Trinajstić information content (AvgIpc) is 2.43. The number of nitrogens with zero attached hydrogens (tertiary/aromatic N) is 1. The molecule has 1 N–H and O–H groups in total. The van der Waals surface area contributed by atoms with Gasteiger partial charge in [0.2, 0.25) is 0 Å². The maximum absolute atomic E-state index is 5.81. The van der Waals surface area contributed by atoms with Crippen LogP contribution in [0, 0.1) is 0 Å². The molecule has 1 aromatic heterocycles. The lowest BCUT2D eigenvalue weighted by Gasteiger charge is -2.14. The lowest BCUT2D eigenvalue weighted by Crippen LogP contribution is -2.01. The summed E-state index contributed by atoms with van der Waals surface area (Å²) in [5, 5.41) is 4.36. The molecule has 0 spiro atoms. The largest absolute Gasteiger partial charge is 0.491 e. The Morgan fingerprint density at radius 2 is 2.11 bits per heavy atom. The molecule has 0 radical (unpaired) electrons. The molecular formula is C16H22N2O. The summed E-state index contributed by atoms with van der Waals surface area (Å²) in [7, 11) is 1.94. The molecule has 0 amide bonds. The third kappa shape index (κ3) is 2.80. The molecule has 1 heterocycles. The van der Waals surface area contributed by atoms with Crippen molar-refractivity contribution in [3.63, 3.8) is 0 Å². The van der Waals surface area contributed by atoms with Gasteiger partial charge in [-0.05, 0) is 24.5 Å². The summed E-state index contributed by atoms with van der Waals surface area (Å²) < 4.78 is 5.81. The lowest BCUT2D eigenvalue weighted by molar-refractivity contribution is 0.320. The molecule has 19 heavy (non-hydrogen) atoms. The molecule has 0 atom stereocenters. The Kier molecular flexibility index (Phi) is 4.25. The van der Waals surface area contributed by atoms with Gasteiger partial charge in [0, 0.05) is 23.8 Å². The van der Waals surface area contributed by atoms with Gasteiger partial charge in [0.15, 0.2) is 0 Å². The van der Waals surface area contributed by atoms with Crippen LogP contribution in [0.15, 0.2) is 24.3 Å². The van der Waals surface area contributed by atoms with E-state index in [1.165, 1.54) is 0 Å². The predicted octanol–water partition coefficient (Wildman–Crippen LogP) is 4.19. The fourth-order valence-corrected chi connectivity index (χ4v) is 2.07. The van der Waals surface area contributed by atoms with Crippen molar-refractivity contribution in [2.24, 2.45) is 0 Å². The quantitative estimate of drug-likeness (QED) is 0.873. The van der Waals surface area contributed by atoms with Gasteiger partial charge in [-0.3, -0.25) is 0 Å². The van der Waals surface area contributed by atoms with Gasteiger partial charge in [-0.25, -0.2) is 4.98 Å². The third-order valence-corrected chi connectivity index (χ3v) is 3.14. The van der Waals surface area contributed by atoms with Crippen LogP contribution in [0.5, 0.6) is 5.75 Å². The predicted molar refractivity (Wildman–Crippen MR) is 81.2 cm³/mol. The fraction of sp³-hybridized carbons (Fsp3) is 0.438. The van der Waals surface area contributed by atoms with E-state index in [0.29, 0.717) is 5.92 Å². The first kappa shape index (κ1) is 13.7. The van der Waals surface area contributed by atoms with Gasteiger partial charge < -0.3 is 10.1 Å². The van der Waals surface area contributed by atoms with Gasteiger partial charge in [0.25, 0.3) is 0 Å². The van der Waals surface area contributed by atoms with Crippen LogP contribution in [-0.4, -0.2) is 18.6 Å². The number of aromatic nitrogens is 1. The molecule has 1 aromatic carbocycles. The summed E-state index contributed by atoms with van der Waals surface area (Å²) in [5.41, 5.74) is 3.14.